The van der Waals surface area contributed by atoms with Crippen LogP contribution in [0.25, 0.3) is 6.08 Å². The van der Waals surface area contributed by atoms with Crippen molar-refractivity contribution in [2.24, 2.45) is 11.5 Å². The van der Waals surface area contributed by atoms with E-state index in [1.807, 2.05) is 25.1 Å². The highest BCUT2D eigenvalue weighted by molar-refractivity contribution is 7.92. The van der Waals surface area contributed by atoms with Crippen LogP contribution in [0.15, 0.2) is 60.4 Å². The lowest BCUT2D eigenvalue weighted by Crippen LogP contribution is -2.46. The Hall–Kier alpha value is -3.67. The van der Waals surface area contributed by atoms with Crippen molar-refractivity contribution in [1.29, 1.82) is 0 Å². The monoisotopic (exact) mass is 609 g/mol. The van der Waals surface area contributed by atoms with Gasteiger partial charge in [0.2, 0.25) is 10.0 Å². The fraction of sp³-hybridized carbons (Fsp3) is 0.367. The van der Waals surface area contributed by atoms with Crippen LogP contribution in [0, 0.1) is 6.92 Å². The Morgan fingerprint density at radius 2 is 1.90 bits per heavy atom. The molecule has 3 aromatic rings. The molecule has 0 radical (unpaired) electrons. The van der Waals surface area contributed by atoms with E-state index in [9.17, 15) is 13.2 Å². The van der Waals surface area contributed by atoms with Gasteiger partial charge >= 0.3 is 0 Å². The van der Waals surface area contributed by atoms with Gasteiger partial charge in [0.1, 0.15) is 5.82 Å². The number of hydrogen-bond acceptors (Lipinski definition) is 8. The Labute approximate surface area is 251 Å². The standard InChI is InChI=1S/C30H36ClN7O3S/c1-19-16-34-28(35-29(19)37-17-23(25(33)18-37)20-8-4-3-5-9-20)15-24(32)27-10-6-7-13-38(27)30(39)22-14-21(31)11-12-26(22)36-42(2,40)41/h3-5,8-9,11-12,14-16,23,25,27,36H,6-7,10,13,17-18,32-33H2,1-2H3/b24-15-/t23-,25+,27-/m0/s1. The van der Waals surface area contributed by atoms with Crippen LogP contribution >= 0.6 is 11.6 Å². The molecule has 42 heavy (non-hydrogen) atoms. The number of rotatable bonds is 7. The third-order valence-electron chi connectivity index (χ3n) is 7.81. The lowest BCUT2D eigenvalue weighted by atomic mass is 9.95. The van der Waals surface area contributed by atoms with E-state index < -0.39 is 16.1 Å². The van der Waals surface area contributed by atoms with Gasteiger partial charge in [0.15, 0.2) is 5.82 Å². The van der Waals surface area contributed by atoms with E-state index in [-0.39, 0.29) is 29.1 Å². The third kappa shape index (κ3) is 6.69. The first-order valence-electron chi connectivity index (χ1n) is 13.9. The largest absolute Gasteiger partial charge is 0.400 e. The number of carbonyl (C=O) groups excluding carboxylic acids is 1. The van der Waals surface area contributed by atoms with E-state index >= 15 is 0 Å². The average Bonchev–Trinajstić information content (AvgIpc) is 3.35. The number of piperidine rings is 1. The van der Waals surface area contributed by atoms with Gasteiger partial charge in [-0.25, -0.2) is 18.4 Å². The van der Waals surface area contributed by atoms with Crippen molar-refractivity contribution in [3.8, 4) is 0 Å². The molecule has 222 valence electrons. The molecule has 0 bridgehead atoms. The van der Waals surface area contributed by atoms with Crippen LogP contribution in [-0.4, -0.2) is 67.2 Å². The summed E-state index contributed by atoms with van der Waals surface area (Å²) in [6.45, 7) is 3.86. The van der Waals surface area contributed by atoms with Crippen molar-refractivity contribution >= 4 is 45.1 Å². The van der Waals surface area contributed by atoms with Crippen molar-refractivity contribution in [3.05, 3.63) is 88.0 Å². The highest BCUT2D eigenvalue weighted by Crippen LogP contribution is 2.32. The molecular formula is C30H36ClN7O3S. The molecule has 1 aromatic heterocycles. The topological polar surface area (TPSA) is 148 Å². The number of anilines is 2. The molecule has 5 N–H and O–H groups in total. The fourth-order valence-electron chi connectivity index (χ4n) is 5.79. The summed E-state index contributed by atoms with van der Waals surface area (Å²) in [7, 11) is -3.61. The first kappa shape index (κ1) is 29.8. The highest BCUT2D eigenvalue weighted by Gasteiger charge is 2.34. The van der Waals surface area contributed by atoms with Gasteiger partial charge in [-0.3, -0.25) is 9.52 Å². The smallest absolute Gasteiger partial charge is 0.256 e. The van der Waals surface area contributed by atoms with Gasteiger partial charge in [-0.2, -0.15) is 0 Å². The number of hydrogen-bond donors (Lipinski definition) is 3. The van der Waals surface area contributed by atoms with E-state index in [4.69, 9.17) is 28.1 Å². The van der Waals surface area contributed by atoms with Crippen molar-refractivity contribution in [3.63, 3.8) is 0 Å². The Morgan fingerprint density at radius 1 is 1.14 bits per heavy atom. The number of halogens is 1. The number of benzene rings is 2. The number of sulfonamides is 1. The zero-order valence-corrected chi connectivity index (χ0v) is 25.3. The molecule has 0 saturated carbocycles. The van der Waals surface area contributed by atoms with Gasteiger partial charge in [0.05, 0.1) is 23.5 Å². The van der Waals surface area contributed by atoms with Gasteiger partial charge in [-0.1, -0.05) is 41.9 Å². The molecule has 5 rings (SSSR count). The number of carbonyl (C=O) groups is 1. The van der Waals surface area contributed by atoms with Crippen molar-refractivity contribution in [2.75, 3.05) is 35.5 Å². The number of nitrogens with one attached hydrogen (secondary N) is 1. The first-order valence-corrected chi connectivity index (χ1v) is 16.2. The van der Waals surface area contributed by atoms with Gasteiger partial charge in [0, 0.05) is 60.2 Å². The average molecular weight is 610 g/mol. The molecule has 2 saturated heterocycles. The van der Waals surface area contributed by atoms with Gasteiger partial charge < -0.3 is 21.3 Å². The lowest BCUT2D eigenvalue weighted by molar-refractivity contribution is 0.0653. The summed E-state index contributed by atoms with van der Waals surface area (Å²) in [6, 6.07) is 14.3. The predicted molar refractivity (Wildman–Crippen MR) is 167 cm³/mol. The molecule has 3 heterocycles. The number of amides is 1. The molecule has 0 spiro atoms. The van der Waals surface area contributed by atoms with Crippen LogP contribution in [0.4, 0.5) is 11.5 Å². The first-order chi connectivity index (χ1) is 20.0. The van der Waals surface area contributed by atoms with Crippen LogP contribution in [-0.2, 0) is 10.0 Å². The molecule has 12 heteroatoms. The van der Waals surface area contributed by atoms with Crippen LogP contribution in [0.1, 0.15) is 52.5 Å². The Morgan fingerprint density at radius 3 is 2.64 bits per heavy atom. The maximum absolute atomic E-state index is 13.8. The molecule has 2 fully saturated rings. The van der Waals surface area contributed by atoms with Crippen LogP contribution in [0.5, 0.6) is 0 Å². The summed E-state index contributed by atoms with van der Waals surface area (Å²) < 4.78 is 26.3. The molecule has 3 atom stereocenters. The number of aromatic nitrogens is 2. The zero-order valence-electron chi connectivity index (χ0n) is 23.7. The summed E-state index contributed by atoms with van der Waals surface area (Å²) in [5.41, 5.74) is 16.1. The van der Waals surface area contributed by atoms with E-state index in [1.54, 1.807) is 17.2 Å². The van der Waals surface area contributed by atoms with E-state index in [0.29, 0.717) is 36.1 Å². The number of nitrogens with two attached hydrogens (primary N) is 2. The molecule has 2 aromatic carbocycles. The second kappa shape index (κ2) is 12.3. The van der Waals surface area contributed by atoms with Crippen LogP contribution in [0.3, 0.4) is 0 Å². The molecule has 0 aliphatic carbocycles. The van der Waals surface area contributed by atoms with E-state index in [1.165, 1.54) is 23.8 Å². The van der Waals surface area contributed by atoms with Gasteiger partial charge in [0.25, 0.3) is 5.91 Å². The minimum atomic E-state index is -3.61. The highest BCUT2D eigenvalue weighted by atomic mass is 35.5. The maximum Gasteiger partial charge on any atom is 0.256 e. The minimum absolute atomic E-state index is 0.0267. The van der Waals surface area contributed by atoms with Crippen molar-refractivity contribution in [1.82, 2.24) is 14.9 Å². The quantitative estimate of drug-likeness (QED) is 0.367. The van der Waals surface area contributed by atoms with Gasteiger partial charge in [-0.05, 0) is 49.9 Å². The fourth-order valence-corrected chi connectivity index (χ4v) is 6.54. The molecule has 2 aliphatic heterocycles. The van der Waals surface area contributed by atoms with E-state index in [2.05, 4.69) is 26.7 Å². The second-order valence-electron chi connectivity index (χ2n) is 11.0. The third-order valence-corrected chi connectivity index (χ3v) is 8.63. The minimum Gasteiger partial charge on any atom is -0.400 e. The normalized spacial score (nSPS) is 21.4. The van der Waals surface area contributed by atoms with Gasteiger partial charge in [-0.15, -0.1) is 0 Å². The Kier molecular flexibility index (Phi) is 8.72. The molecule has 1 amide bonds. The number of nitrogens with zero attached hydrogens (tertiary/aromatic N) is 4. The van der Waals surface area contributed by atoms with Crippen molar-refractivity contribution < 1.29 is 13.2 Å². The summed E-state index contributed by atoms with van der Waals surface area (Å²) in [6.07, 6.45) is 6.88. The molecule has 0 unspecified atom stereocenters. The number of likely N-dealkylation sites (tertiary alicyclic amines) is 1. The summed E-state index contributed by atoms with van der Waals surface area (Å²) in [5, 5.41) is 0.325. The Bertz CT molecular complexity index is 1600. The summed E-state index contributed by atoms with van der Waals surface area (Å²) in [4.78, 5) is 27.0. The SMILES string of the molecule is Cc1cnc(/C=C(\N)[C@@H]2CCCCN2C(=O)c2cc(Cl)ccc2NS(C)(=O)=O)nc1N1C[C@@H](N)[C@H](c2ccccc2)C1. The second-order valence-corrected chi connectivity index (χ2v) is 13.2. The predicted octanol–water partition coefficient (Wildman–Crippen LogP) is 3.74. The Balaban J connectivity index is 1.40. The zero-order chi connectivity index (χ0) is 30.0. The summed E-state index contributed by atoms with van der Waals surface area (Å²) >= 11 is 6.20. The number of aryl methyl sites for hydroxylation is 1. The molecule has 10 nitrogen and oxygen atoms in total. The van der Waals surface area contributed by atoms with Crippen LogP contribution in [0.2, 0.25) is 5.02 Å². The molecular weight excluding hydrogens is 574 g/mol. The lowest BCUT2D eigenvalue weighted by Gasteiger charge is -2.36. The maximum atomic E-state index is 13.8. The van der Waals surface area contributed by atoms with Crippen LogP contribution < -0.4 is 21.1 Å². The summed E-state index contributed by atoms with van der Waals surface area (Å²) in [5.74, 6) is 1.10. The van der Waals surface area contributed by atoms with Crippen molar-refractivity contribution in [2.45, 2.75) is 44.2 Å². The molecule has 2 aliphatic rings. The van der Waals surface area contributed by atoms with E-state index in [0.717, 1.165) is 37.0 Å².